The lowest BCUT2D eigenvalue weighted by Crippen LogP contribution is -2.11. The molecule has 3 N–H and O–H groups in total. The van der Waals surface area contributed by atoms with Gasteiger partial charge in [-0.25, -0.2) is 4.39 Å². The minimum Gasteiger partial charge on any atom is -0.387 e. The maximum absolute atomic E-state index is 12.9. The highest BCUT2D eigenvalue weighted by Crippen LogP contribution is 2.20. The summed E-state index contributed by atoms with van der Waals surface area (Å²) in [5, 5.41) is 9.39. The molecule has 1 aromatic carbocycles. The van der Waals surface area contributed by atoms with Crippen LogP contribution in [0.4, 0.5) is 4.39 Å². The van der Waals surface area contributed by atoms with Crippen molar-refractivity contribution in [3.63, 3.8) is 0 Å². The van der Waals surface area contributed by atoms with Gasteiger partial charge in [0.05, 0.1) is 6.10 Å². The van der Waals surface area contributed by atoms with Crippen LogP contribution in [0, 0.1) is 0 Å². The second-order valence-electron chi connectivity index (χ2n) is 3.04. The third-order valence-electron chi connectivity index (χ3n) is 1.98. The Morgan fingerprint density at radius 3 is 2.62 bits per heavy atom. The molecule has 0 aliphatic carbocycles. The Kier molecular flexibility index (Phi) is 3.39. The maximum Gasteiger partial charge on any atom is 0.122 e. The predicted molar refractivity (Wildman–Crippen MR) is 50.0 cm³/mol. The van der Waals surface area contributed by atoms with Gasteiger partial charge >= 0.3 is 0 Å². The van der Waals surface area contributed by atoms with E-state index in [4.69, 9.17) is 5.73 Å². The fourth-order valence-corrected chi connectivity index (χ4v) is 1.15. The van der Waals surface area contributed by atoms with Gasteiger partial charge < -0.3 is 10.8 Å². The van der Waals surface area contributed by atoms with Gasteiger partial charge in [-0.05, 0) is 18.1 Å². The number of hydrogen-bond acceptors (Lipinski definition) is 2. The van der Waals surface area contributed by atoms with Crippen LogP contribution >= 0.6 is 0 Å². The highest BCUT2D eigenvalue weighted by atomic mass is 19.1. The summed E-state index contributed by atoms with van der Waals surface area (Å²) in [5.41, 5.74) is 6.53. The van der Waals surface area contributed by atoms with Gasteiger partial charge in [-0.15, -0.1) is 0 Å². The van der Waals surface area contributed by atoms with Crippen LogP contribution in [0.25, 0.3) is 0 Å². The molecular weight excluding hydrogens is 169 g/mol. The summed E-state index contributed by atoms with van der Waals surface area (Å²) in [6, 6.07) is 6.79. The zero-order valence-electron chi connectivity index (χ0n) is 7.57. The first kappa shape index (κ1) is 10.2. The summed E-state index contributed by atoms with van der Waals surface area (Å²) >= 11 is 0. The normalized spacial score (nSPS) is 15.4. The van der Waals surface area contributed by atoms with Gasteiger partial charge in [-0.1, -0.05) is 24.3 Å². The van der Waals surface area contributed by atoms with Crippen molar-refractivity contribution in [1.29, 1.82) is 0 Å². The van der Waals surface area contributed by atoms with E-state index < -0.39 is 12.3 Å². The second-order valence-corrected chi connectivity index (χ2v) is 3.04. The number of halogens is 1. The third-order valence-corrected chi connectivity index (χ3v) is 1.98. The van der Waals surface area contributed by atoms with Crippen LogP contribution < -0.4 is 5.73 Å². The molecule has 13 heavy (non-hydrogen) atoms. The Morgan fingerprint density at radius 2 is 2.08 bits per heavy atom. The molecule has 0 aliphatic heterocycles. The van der Waals surface area contributed by atoms with Gasteiger partial charge in [0.2, 0.25) is 0 Å². The van der Waals surface area contributed by atoms with Crippen LogP contribution in [-0.4, -0.2) is 11.7 Å². The van der Waals surface area contributed by atoms with Gasteiger partial charge in [0, 0.05) is 6.54 Å². The minimum absolute atomic E-state index is 0.157. The Labute approximate surface area is 77.2 Å². The van der Waals surface area contributed by atoms with Gasteiger partial charge in [0.25, 0.3) is 0 Å². The quantitative estimate of drug-likeness (QED) is 0.749. The molecule has 1 rings (SSSR count). The fraction of sp³-hybridized carbons (Fsp3) is 0.400. The van der Waals surface area contributed by atoms with E-state index in [1.165, 1.54) is 6.92 Å². The van der Waals surface area contributed by atoms with Crippen molar-refractivity contribution in [2.24, 2.45) is 5.73 Å². The zero-order valence-corrected chi connectivity index (χ0v) is 7.57. The first-order valence-corrected chi connectivity index (χ1v) is 4.27. The highest BCUT2D eigenvalue weighted by Gasteiger charge is 2.08. The van der Waals surface area contributed by atoms with Crippen molar-refractivity contribution in [2.45, 2.75) is 19.2 Å². The smallest absolute Gasteiger partial charge is 0.122 e. The first-order valence-electron chi connectivity index (χ1n) is 4.27. The maximum atomic E-state index is 12.9. The molecule has 72 valence electrons. The number of hydrogen-bond donors (Lipinski definition) is 2. The molecule has 2 nitrogen and oxygen atoms in total. The summed E-state index contributed by atoms with van der Waals surface area (Å²) in [6.45, 7) is 1.62. The molecule has 2 atom stereocenters. The molecule has 0 amide bonds. The van der Waals surface area contributed by atoms with Gasteiger partial charge in [-0.3, -0.25) is 0 Å². The van der Waals surface area contributed by atoms with E-state index >= 15 is 0 Å². The van der Waals surface area contributed by atoms with E-state index in [0.717, 1.165) is 0 Å². The van der Waals surface area contributed by atoms with E-state index in [2.05, 4.69) is 0 Å². The molecule has 0 aliphatic rings. The summed E-state index contributed by atoms with van der Waals surface area (Å²) < 4.78 is 12.9. The topological polar surface area (TPSA) is 46.2 Å². The lowest BCUT2D eigenvalue weighted by molar-refractivity contribution is 0.186. The lowest BCUT2D eigenvalue weighted by atomic mass is 10.0. The Hall–Kier alpha value is -0.930. The van der Waals surface area contributed by atoms with E-state index in [1.54, 1.807) is 24.3 Å². The fourth-order valence-electron chi connectivity index (χ4n) is 1.15. The van der Waals surface area contributed by atoms with E-state index in [1.807, 2.05) is 0 Å². The monoisotopic (exact) mass is 183 g/mol. The molecule has 0 radical (unpaired) electrons. The first-order chi connectivity index (χ1) is 6.15. The van der Waals surface area contributed by atoms with Crippen LogP contribution in [-0.2, 0) is 0 Å². The Balaban J connectivity index is 2.91. The van der Waals surface area contributed by atoms with Crippen LogP contribution in [0.5, 0.6) is 0 Å². The van der Waals surface area contributed by atoms with Crippen LogP contribution in [0.3, 0.4) is 0 Å². The van der Waals surface area contributed by atoms with Crippen molar-refractivity contribution in [1.82, 2.24) is 0 Å². The molecule has 0 saturated carbocycles. The van der Waals surface area contributed by atoms with Crippen molar-refractivity contribution in [2.75, 3.05) is 6.54 Å². The average molecular weight is 183 g/mol. The third kappa shape index (κ3) is 2.50. The average Bonchev–Trinajstić information content (AvgIpc) is 2.17. The molecule has 0 spiro atoms. The van der Waals surface area contributed by atoms with Gasteiger partial charge in [0.15, 0.2) is 0 Å². The Morgan fingerprint density at radius 1 is 1.46 bits per heavy atom. The molecule has 2 unspecified atom stereocenters. The molecular formula is C10H14FNO. The van der Waals surface area contributed by atoms with Crippen molar-refractivity contribution < 1.29 is 9.50 Å². The lowest BCUT2D eigenvalue weighted by Gasteiger charge is -2.10. The van der Waals surface area contributed by atoms with Crippen molar-refractivity contribution >= 4 is 0 Å². The second kappa shape index (κ2) is 4.35. The van der Waals surface area contributed by atoms with E-state index in [0.29, 0.717) is 11.1 Å². The minimum atomic E-state index is -1.01. The SMILES string of the molecule is CC(F)c1cccc(C(O)CN)c1. The molecule has 0 saturated heterocycles. The van der Waals surface area contributed by atoms with Crippen molar-refractivity contribution in [3.05, 3.63) is 35.4 Å². The predicted octanol–water partition coefficient (Wildman–Crippen LogP) is 1.71. The van der Waals surface area contributed by atoms with Gasteiger partial charge in [0.1, 0.15) is 6.17 Å². The number of aliphatic hydroxyl groups excluding tert-OH is 1. The molecule has 0 fully saturated rings. The number of aliphatic hydroxyl groups is 1. The van der Waals surface area contributed by atoms with E-state index in [-0.39, 0.29) is 6.54 Å². The molecule has 1 aromatic rings. The molecule has 0 bridgehead atoms. The highest BCUT2D eigenvalue weighted by molar-refractivity contribution is 5.26. The molecule has 0 heterocycles. The number of benzene rings is 1. The Bertz CT molecular complexity index is 275. The van der Waals surface area contributed by atoms with Crippen LogP contribution in [0.2, 0.25) is 0 Å². The summed E-state index contributed by atoms with van der Waals surface area (Å²) in [7, 11) is 0. The number of rotatable bonds is 3. The van der Waals surface area contributed by atoms with Crippen LogP contribution in [0.15, 0.2) is 24.3 Å². The number of alkyl halides is 1. The molecule has 3 heteroatoms. The van der Waals surface area contributed by atoms with Gasteiger partial charge in [-0.2, -0.15) is 0 Å². The standard InChI is InChI=1S/C10H14FNO/c1-7(11)8-3-2-4-9(5-8)10(13)6-12/h2-5,7,10,13H,6,12H2,1H3. The largest absolute Gasteiger partial charge is 0.387 e. The summed E-state index contributed by atoms with van der Waals surface area (Å²) in [6.07, 6.45) is -1.70. The zero-order chi connectivity index (χ0) is 9.84. The summed E-state index contributed by atoms with van der Waals surface area (Å²) in [4.78, 5) is 0. The molecule has 0 aromatic heterocycles. The van der Waals surface area contributed by atoms with Crippen molar-refractivity contribution in [3.8, 4) is 0 Å². The summed E-state index contributed by atoms with van der Waals surface area (Å²) in [5.74, 6) is 0. The van der Waals surface area contributed by atoms with E-state index in [9.17, 15) is 9.50 Å². The number of nitrogens with two attached hydrogens (primary N) is 1. The van der Waals surface area contributed by atoms with Crippen LogP contribution in [0.1, 0.15) is 30.3 Å².